The lowest BCUT2D eigenvalue weighted by atomic mass is 10.2. The zero-order valence-electron chi connectivity index (χ0n) is 16.1. The van der Waals surface area contributed by atoms with Crippen LogP contribution in [0.1, 0.15) is 5.56 Å². The number of nitrogens with zero attached hydrogens (tertiary/aromatic N) is 3. The Bertz CT molecular complexity index is 1040. The van der Waals surface area contributed by atoms with Crippen LogP contribution in [0.2, 0.25) is 5.02 Å². The van der Waals surface area contributed by atoms with Crippen molar-refractivity contribution < 1.29 is 14.3 Å². The largest absolute Gasteiger partial charge is 0.497 e. The fraction of sp³-hybridized carbons (Fsp3) is 0.211. The van der Waals surface area contributed by atoms with E-state index in [1.165, 1.54) is 23.5 Å². The molecule has 0 bridgehead atoms. The SMILES string of the molecule is COc1cccc(-c2nnc(SCC(=O)Nc3cc(C)c(Cl)cc3OC)n2N)c1. The molecule has 29 heavy (non-hydrogen) atoms. The van der Waals surface area contributed by atoms with Gasteiger partial charge in [0.05, 0.1) is 25.7 Å². The van der Waals surface area contributed by atoms with Crippen molar-refractivity contribution in [3.63, 3.8) is 0 Å². The van der Waals surface area contributed by atoms with Gasteiger partial charge in [0.25, 0.3) is 0 Å². The van der Waals surface area contributed by atoms with Crippen LogP contribution in [0.4, 0.5) is 5.69 Å². The van der Waals surface area contributed by atoms with Gasteiger partial charge in [0.2, 0.25) is 11.1 Å². The quantitative estimate of drug-likeness (QED) is 0.434. The van der Waals surface area contributed by atoms with E-state index in [9.17, 15) is 4.79 Å². The zero-order valence-corrected chi connectivity index (χ0v) is 17.7. The lowest BCUT2D eigenvalue weighted by Crippen LogP contribution is -2.17. The van der Waals surface area contributed by atoms with E-state index < -0.39 is 0 Å². The number of aryl methyl sites for hydroxylation is 1. The number of carbonyl (C=O) groups is 1. The molecule has 10 heteroatoms. The highest BCUT2D eigenvalue weighted by Crippen LogP contribution is 2.31. The number of hydrogen-bond acceptors (Lipinski definition) is 7. The van der Waals surface area contributed by atoms with E-state index in [2.05, 4.69) is 15.5 Å². The molecule has 0 aliphatic carbocycles. The summed E-state index contributed by atoms with van der Waals surface area (Å²) in [4.78, 5) is 12.4. The maximum absolute atomic E-state index is 12.4. The number of amides is 1. The summed E-state index contributed by atoms with van der Waals surface area (Å²) < 4.78 is 11.8. The van der Waals surface area contributed by atoms with Gasteiger partial charge in [-0.15, -0.1) is 10.2 Å². The second kappa shape index (κ2) is 9.06. The Morgan fingerprint density at radius 3 is 2.76 bits per heavy atom. The third kappa shape index (κ3) is 4.75. The number of aromatic nitrogens is 3. The molecule has 0 aliphatic rings. The van der Waals surface area contributed by atoms with Crippen LogP contribution >= 0.6 is 23.4 Å². The monoisotopic (exact) mass is 433 g/mol. The predicted octanol–water partition coefficient (Wildman–Crippen LogP) is 3.37. The number of anilines is 1. The number of carbonyl (C=O) groups excluding carboxylic acids is 1. The van der Waals surface area contributed by atoms with Crippen LogP contribution in [0.5, 0.6) is 11.5 Å². The maximum atomic E-state index is 12.4. The zero-order chi connectivity index (χ0) is 21.0. The lowest BCUT2D eigenvalue weighted by molar-refractivity contribution is -0.113. The number of nitrogen functional groups attached to an aromatic ring is 1. The summed E-state index contributed by atoms with van der Waals surface area (Å²) in [6.45, 7) is 1.85. The van der Waals surface area contributed by atoms with Crippen LogP contribution < -0.4 is 20.6 Å². The van der Waals surface area contributed by atoms with Gasteiger partial charge < -0.3 is 20.6 Å². The Kier molecular flexibility index (Phi) is 6.50. The molecule has 3 N–H and O–H groups in total. The van der Waals surface area contributed by atoms with Gasteiger partial charge in [-0.3, -0.25) is 4.79 Å². The molecular weight excluding hydrogens is 414 g/mol. The lowest BCUT2D eigenvalue weighted by Gasteiger charge is -2.12. The number of hydrogen-bond donors (Lipinski definition) is 2. The topological polar surface area (TPSA) is 104 Å². The number of benzene rings is 2. The molecular formula is C19H20ClN5O3S. The van der Waals surface area contributed by atoms with Gasteiger partial charge in [-0.05, 0) is 30.7 Å². The number of nitrogens with two attached hydrogens (primary N) is 1. The average molecular weight is 434 g/mol. The highest BCUT2D eigenvalue weighted by molar-refractivity contribution is 7.99. The highest BCUT2D eigenvalue weighted by atomic mass is 35.5. The van der Waals surface area contributed by atoms with E-state index in [0.717, 1.165) is 11.1 Å². The van der Waals surface area contributed by atoms with Crippen molar-refractivity contribution in [3.8, 4) is 22.9 Å². The van der Waals surface area contributed by atoms with Crippen molar-refractivity contribution in [2.24, 2.45) is 0 Å². The summed E-state index contributed by atoms with van der Waals surface area (Å²) in [6.07, 6.45) is 0. The Morgan fingerprint density at radius 1 is 1.24 bits per heavy atom. The molecule has 0 aliphatic heterocycles. The van der Waals surface area contributed by atoms with Gasteiger partial charge in [0.1, 0.15) is 11.5 Å². The number of thioether (sulfide) groups is 1. The first kappa shape index (κ1) is 20.8. The van der Waals surface area contributed by atoms with Gasteiger partial charge in [-0.2, -0.15) is 0 Å². The minimum atomic E-state index is -0.235. The molecule has 0 fully saturated rings. The van der Waals surface area contributed by atoms with Gasteiger partial charge in [-0.1, -0.05) is 35.5 Å². The maximum Gasteiger partial charge on any atom is 0.234 e. The fourth-order valence-electron chi connectivity index (χ4n) is 2.58. The molecule has 3 aromatic rings. The molecule has 3 rings (SSSR count). The molecule has 0 unspecified atom stereocenters. The van der Waals surface area contributed by atoms with Crippen molar-refractivity contribution in [1.82, 2.24) is 14.9 Å². The molecule has 0 saturated carbocycles. The number of methoxy groups -OCH3 is 2. The van der Waals surface area contributed by atoms with E-state index in [0.29, 0.717) is 33.2 Å². The van der Waals surface area contributed by atoms with E-state index in [1.807, 2.05) is 31.2 Å². The number of rotatable bonds is 7. The predicted molar refractivity (Wildman–Crippen MR) is 114 cm³/mol. The van der Waals surface area contributed by atoms with Crippen LogP contribution in [-0.4, -0.2) is 40.8 Å². The van der Waals surface area contributed by atoms with Crippen LogP contribution in [0.15, 0.2) is 41.6 Å². The van der Waals surface area contributed by atoms with E-state index in [1.54, 1.807) is 19.2 Å². The highest BCUT2D eigenvalue weighted by Gasteiger charge is 2.16. The normalized spacial score (nSPS) is 10.6. The summed E-state index contributed by atoms with van der Waals surface area (Å²) in [7, 11) is 3.10. The number of ether oxygens (including phenoxy) is 2. The Morgan fingerprint density at radius 2 is 2.03 bits per heavy atom. The van der Waals surface area contributed by atoms with Crippen LogP contribution in [-0.2, 0) is 4.79 Å². The van der Waals surface area contributed by atoms with Gasteiger partial charge in [0.15, 0.2) is 5.82 Å². The van der Waals surface area contributed by atoms with Gasteiger partial charge in [0, 0.05) is 16.7 Å². The minimum Gasteiger partial charge on any atom is -0.497 e. The molecule has 152 valence electrons. The Hall–Kier alpha value is -2.91. The second-order valence-electron chi connectivity index (χ2n) is 6.05. The third-order valence-electron chi connectivity index (χ3n) is 4.08. The van der Waals surface area contributed by atoms with Crippen molar-refractivity contribution in [2.75, 3.05) is 31.1 Å². The molecule has 0 radical (unpaired) electrons. The molecule has 8 nitrogen and oxygen atoms in total. The first-order valence-electron chi connectivity index (χ1n) is 8.54. The molecule has 0 atom stereocenters. The van der Waals surface area contributed by atoms with E-state index in [-0.39, 0.29) is 11.7 Å². The van der Waals surface area contributed by atoms with Crippen molar-refractivity contribution in [2.45, 2.75) is 12.1 Å². The summed E-state index contributed by atoms with van der Waals surface area (Å²) >= 11 is 7.27. The Balaban J connectivity index is 1.68. The van der Waals surface area contributed by atoms with Crippen molar-refractivity contribution in [3.05, 3.63) is 47.0 Å². The van der Waals surface area contributed by atoms with E-state index in [4.69, 9.17) is 26.9 Å². The second-order valence-corrected chi connectivity index (χ2v) is 7.40. The smallest absolute Gasteiger partial charge is 0.234 e. The van der Waals surface area contributed by atoms with Crippen LogP contribution in [0.3, 0.4) is 0 Å². The fourth-order valence-corrected chi connectivity index (χ4v) is 3.39. The standard InChI is InChI=1S/C19H20ClN5O3S/c1-11-7-15(16(28-3)9-14(11)20)22-17(26)10-29-19-24-23-18(25(19)21)12-5-4-6-13(8-12)27-2/h4-9H,10,21H2,1-3H3,(H,22,26). The van der Waals surface area contributed by atoms with E-state index >= 15 is 0 Å². The van der Waals surface area contributed by atoms with Gasteiger partial charge >= 0.3 is 0 Å². The average Bonchev–Trinajstić information content (AvgIpc) is 3.09. The van der Waals surface area contributed by atoms with Crippen LogP contribution in [0, 0.1) is 6.92 Å². The first-order chi connectivity index (χ1) is 13.9. The molecule has 1 aromatic heterocycles. The van der Waals surface area contributed by atoms with Crippen LogP contribution in [0.25, 0.3) is 11.4 Å². The summed E-state index contributed by atoms with van der Waals surface area (Å²) in [5.74, 6) is 7.62. The molecule has 1 heterocycles. The van der Waals surface area contributed by atoms with Gasteiger partial charge in [-0.25, -0.2) is 4.68 Å². The summed E-state index contributed by atoms with van der Waals surface area (Å²) in [5.41, 5.74) is 2.14. The summed E-state index contributed by atoms with van der Waals surface area (Å²) in [6, 6.07) is 10.8. The summed E-state index contributed by atoms with van der Waals surface area (Å²) in [5, 5.41) is 12.0. The first-order valence-corrected chi connectivity index (χ1v) is 9.91. The third-order valence-corrected chi connectivity index (χ3v) is 5.43. The molecule has 2 aromatic carbocycles. The van der Waals surface area contributed by atoms with Crippen molar-refractivity contribution >= 4 is 35.0 Å². The minimum absolute atomic E-state index is 0.0955. The molecule has 0 spiro atoms. The molecule has 0 saturated heterocycles. The Labute approximate surface area is 177 Å². The number of nitrogens with one attached hydrogen (secondary N) is 1. The number of halogens is 1. The molecule has 1 amide bonds. The van der Waals surface area contributed by atoms with Crippen molar-refractivity contribution in [1.29, 1.82) is 0 Å².